The van der Waals surface area contributed by atoms with Crippen molar-refractivity contribution in [3.8, 4) is 11.5 Å². The third-order valence-electron chi connectivity index (χ3n) is 7.84. The summed E-state index contributed by atoms with van der Waals surface area (Å²) in [5, 5.41) is 13.2. The molecule has 3 amide bonds. The van der Waals surface area contributed by atoms with Crippen LogP contribution in [-0.2, 0) is 19.9 Å². The number of rotatable bonds is 3. The number of alkyl halides is 6. The topological polar surface area (TPSA) is 134 Å². The fraction of sp³-hybridized carbons (Fsp3) is 0.267. The number of hydrogen-bond acceptors (Lipinski definition) is 7. The Labute approximate surface area is 254 Å². The van der Waals surface area contributed by atoms with Crippen LogP contribution in [0, 0.1) is 0 Å². The number of benzene rings is 3. The smallest absolute Gasteiger partial charge is 0.456 e. The Kier molecular flexibility index (Phi) is 7.22. The van der Waals surface area contributed by atoms with Crippen molar-refractivity contribution in [2.75, 3.05) is 23.7 Å². The van der Waals surface area contributed by atoms with Crippen LogP contribution in [-0.4, -0.2) is 65.2 Å². The second-order valence-electron chi connectivity index (χ2n) is 10.8. The maximum Gasteiger partial charge on any atom is 0.471 e. The molecule has 1 spiro atoms. The molecule has 3 N–H and O–H groups in total. The molecule has 3 aliphatic heterocycles. The van der Waals surface area contributed by atoms with Gasteiger partial charge in [-0.15, -0.1) is 0 Å². The number of aliphatic hydroxyl groups excluding tert-OH is 1. The van der Waals surface area contributed by atoms with Crippen LogP contribution in [0.25, 0.3) is 0 Å². The minimum atomic E-state index is -5.23. The first-order chi connectivity index (χ1) is 21.6. The van der Waals surface area contributed by atoms with Crippen molar-refractivity contribution in [3.63, 3.8) is 0 Å². The van der Waals surface area contributed by atoms with E-state index in [2.05, 4.69) is 0 Å². The number of hydrogen-bond donors (Lipinski definition) is 3. The number of carbonyl (C=O) groups excluding carboxylic acids is 4. The highest BCUT2D eigenvalue weighted by Crippen LogP contribution is 2.57. The van der Waals surface area contributed by atoms with Gasteiger partial charge in [0, 0.05) is 58.9 Å². The summed E-state index contributed by atoms with van der Waals surface area (Å²) in [7, 11) is 0. The predicted octanol–water partition coefficient (Wildman–Crippen LogP) is 4.85. The van der Waals surface area contributed by atoms with Crippen molar-refractivity contribution in [2.24, 2.45) is 0 Å². The van der Waals surface area contributed by atoms with Gasteiger partial charge < -0.3 is 30.1 Å². The van der Waals surface area contributed by atoms with Crippen LogP contribution in [0.5, 0.6) is 11.5 Å². The molecule has 46 heavy (non-hydrogen) atoms. The van der Waals surface area contributed by atoms with Gasteiger partial charge in [-0.1, -0.05) is 0 Å². The second kappa shape index (κ2) is 10.8. The SMILES string of the molecule is O=C1OC2(c3ccc(NC(=O)C(F)(F)F)cc3Oc3cc(NC(=O)C(F)(F)F)ccc32)c2cc(C(=O)N3CCC(O)CC3)ccc21. The average Bonchev–Trinajstić information content (AvgIpc) is 3.27. The molecule has 0 bridgehead atoms. The quantitative estimate of drug-likeness (QED) is 0.273. The molecule has 240 valence electrons. The maximum atomic E-state index is 13.4. The molecule has 3 aliphatic rings. The lowest BCUT2D eigenvalue weighted by Crippen LogP contribution is -2.40. The molecule has 3 aromatic rings. The van der Waals surface area contributed by atoms with Crippen molar-refractivity contribution >= 4 is 35.1 Å². The summed E-state index contributed by atoms with van der Waals surface area (Å²) < 4.78 is 89.5. The highest BCUT2D eigenvalue weighted by atomic mass is 19.4. The molecule has 3 aromatic carbocycles. The number of nitrogens with one attached hydrogen (secondary N) is 2. The zero-order valence-corrected chi connectivity index (χ0v) is 23.2. The monoisotopic (exact) mass is 649 g/mol. The third-order valence-corrected chi connectivity index (χ3v) is 7.84. The average molecular weight is 649 g/mol. The first kappa shape index (κ1) is 30.9. The summed E-state index contributed by atoms with van der Waals surface area (Å²) in [5.74, 6) is -6.32. The van der Waals surface area contributed by atoms with Gasteiger partial charge >= 0.3 is 30.1 Å². The van der Waals surface area contributed by atoms with Gasteiger partial charge in [-0.2, -0.15) is 26.3 Å². The lowest BCUT2D eigenvalue weighted by atomic mass is 9.77. The van der Waals surface area contributed by atoms with Gasteiger partial charge in [-0.3, -0.25) is 14.4 Å². The fourth-order valence-electron chi connectivity index (χ4n) is 5.67. The van der Waals surface area contributed by atoms with Crippen LogP contribution in [0.4, 0.5) is 37.7 Å². The predicted molar refractivity (Wildman–Crippen MR) is 145 cm³/mol. The van der Waals surface area contributed by atoms with Crippen LogP contribution in [0.15, 0.2) is 54.6 Å². The van der Waals surface area contributed by atoms with Crippen molar-refractivity contribution in [3.05, 3.63) is 82.4 Å². The Morgan fingerprint density at radius 1 is 0.783 bits per heavy atom. The Hall–Kier alpha value is -5.12. The molecule has 1 fully saturated rings. The Bertz CT molecular complexity index is 1720. The molecular formula is C30H21F6N3O7. The number of carbonyl (C=O) groups is 4. The lowest BCUT2D eigenvalue weighted by Gasteiger charge is -2.37. The molecule has 0 atom stereocenters. The van der Waals surface area contributed by atoms with Crippen molar-refractivity contribution in [1.29, 1.82) is 0 Å². The second-order valence-corrected chi connectivity index (χ2v) is 10.8. The Morgan fingerprint density at radius 3 is 1.80 bits per heavy atom. The van der Waals surface area contributed by atoms with E-state index < -0.39 is 47.7 Å². The van der Waals surface area contributed by atoms with Gasteiger partial charge in [0.1, 0.15) is 11.5 Å². The molecule has 0 aromatic heterocycles. The third kappa shape index (κ3) is 5.27. The van der Waals surface area contributed by atoms with E-state index in [1.807, 2.05) is 0 Å². The van der Waals surface area contributed by atoms with Crippen LogP contribution >= 0.6 is 0 Å². The molecule has 3 heterocycles. The van der Waals surface area contributed by atoms with E-state index >= 15 is 0 Å². The minimum absolute atomic E-state index is 0.0216. The molecule has 10 nitrogen and oxygen atoms in total. The Morgan fingerprint density at radius 2 is 1.30 bits per heavy atom. The highest BCUT2D eigenvalue weighted by Gasteiger charge is 2.54. The summed E-state index contributed by atoms with van der Waals surface area (Å²) in [6.45, 7) is 0.548. The molecule has 6 rings (SSSR count). The van der Waals surface area contributed by atoms with E-state index in [1.54, 1.807) is 10.6 Å². The molecule has 0 saturated carbocycles. The van der Waals surface area contributed by atoms with Crippen LogP contribution in [0.1, 0.15) is 50.2 Å². The number of fused-ring (bicyclic) bond motifs is 6. The number of ether oxygens (including phenoxy) is 2. The van der Waals surface area contributed by atoms with Gasteiger partial charge in [0.25, 0.3) is 5.91 Å². The normalized spacial score (nSPS) is 16.9. The van der Waals surface area contributed by atoms with E-state index in [0.29, 0.717) is 12.8 Å². The number of piperidine rings is 1. The van der Waals surface area contributed by atoms with Crippen molar-refractivity contribution < 1.29 is 60.1 Å². The summed E-state index contributed by atoms with van der Waals surface area (Å²) in [4.78, 5) is 51.4. The van der Waals surface area contributed by atoms with E-state index in [-0.39, 0.29) is 63.8 Å². The van der Waals surface area contributed by atoms with Crippen molar-refractivity contribution in [2.45, 2.75) is 36.9 Å². The number of nitrogens with zero attached hydrogens (tertiary/aromatic N) is 1. The van der Waals surface area contributed by atoms with Gasteiger partial charge in [-0.25, -0.2) is 4.79 Å². The zero-order valence-electron chi connectivity index (χ0n) is 23.2. The summed E-state index contributed by atoms with van der Waals surface area (Å²) in [5.41, 5.74) is -2.24. The summed E-state index contributed by atoms with van der Waals surface area (Å²) in [6, 6.07) is 10.9. The minimum Gasteiger partial charge on any atom is -0.456 e. The largest absolute Gasteiger partial charge is 0.471 e. The Balaban J connectivity index is 1.49. The number of halogens is 6. The number of esters is 1. The maximum absolute atomic E-state index is 13.4. The number of anilines is 2. The number of likely N-dealkylation sites (tertiary alicyclic amines) is 1. The standard InChI is InChI=1S/C30H21F6N3O7/c31-29(32,33)26(43)37-15-2-5-19-22(12-15)45-23-13-16(38-27(44)30(34,35)36)3-6-20(23)28(19)21-11-14(1-4-18(21)25(42)46-28)24(41)39-9-7-17(40)8-10-39/h1-6,11-13,17,40H,7-10H2,(H,37,43)(H,38,44). The molecule has 0 unspecified atom stereocenters. The molecule has 0 aliphatic carbocycles. The number of amides is 3. The molecular weight excluding hydrogens is 628 g/mol. The van der Waals surface area contributed by atoms with E-state index in [0.717, 1.165) is 24.3 Å². The first-order valence-corrected chi connectivity index (χ1v) is 13.7. The molecule has 1 saturated heterocycles. The summed E-state index contributed by atoms with van der Waals surface area (Å²) in [6.07, 6.45) is -10.3. The fourth-order valence-corrected chi connectivity index (χ4v) is 5.67. The van der Waals surface area contributed by atoms with E-state index in [9.17, 15) is 50.6 Å². The van der Waals surface area contributed by atoms with E-state index in [4.69, 9.17) is 9.47 Å². The van der Waals surface area contributed by atoms with Crippen LogP contribution < -0.4 is 15.4 Å². The van der Waals surface area contributed by atoms with Gasteiger partial charge in [0.05, 0.1) is 11.7 Å². The van der Waals surface area contributed by atoms with Crippen molar-refractivity contribution in [1.82, 2.24) is 4.90 Å². The highest BCUT2D eigenvalue weighted by molar-refractivity contribution is 6.01. The van der Waals surface area contributed by atoms with Crippen LogP contribution in [0.2, 0.25) is 0 Å². The van der Waals surface area contributed by atoms with Gasteiger partial charge in [0.2, 0.25) is 0 Å². The number of aliphatic hydroxyl groups is 1. The summed E-state index contributed by atoms with van der Waals surface area (Å²) >= 11 is 0. The first-order valence-electron chi connectivity index (χ1n) is 13.7. The molecule has 16 heteroatoms. The zero-order chi connectivity index (χ0) is 33.2. The van der Waals surface area contributed by atoms with Gasteiger partial charge in [-0.05, 0) is 55.3 Å². The van der Waals surface area contributed by atoms with Gasteiger partial charge in [0.15, 0.2) is 5.60 Å². The van der Waals surface area contributed by atoms with E-state index in [1.165, 1.54) is 35.2 Å². The molecule has 0 radical (unpaired) electrons. The lowest BCUT2D eigenvalue weighted by molar-refractivity contribution is -0.167. The van der Waals surface area contributed by atoms with Crippen LogP contribution in [0.3, 0.4) is 0 Å².